The number of hydrogen-bond acceptors (Lipinski definition) is 5. The van der Waals surface area contributed by atoms with Gasteiger partial charge in [-0.25, -0.2) is 0 Å². The summed E-state index contributed by atoms with van der Waals surface area (Å²) >= 11 is 0. The summed E-state index contributed by atoms with van der Waals surface area (Å²) in [5.41, 5.74) is 0. The van der Waals surface area contributed by atoms with E-state index >= 15 is 0 Å². The van der Waals surface area contributed by atoms with Gasteiger partial charge in [-0.15, -0.1) is 0 Å². The molecule has 3 atom stereocenters. The Hall–Kier alpha value is -1.37. The van der Waals surface area contributed by atoms with Crippen LogP contribution in [0.3, 0.4) is 0 Å². The van der Waals surface area contributed by atoms with E-state index in [1.54, 1.807) is 7.11 Å². The van der Waals surface area contributed by atoms with Gasteiger partial charge < -0.3 is 19.2 Å². The van der Waals surface area contributed by atoms with Crippen molar-refractivity contribution in [3.05, 3.63) is 23.7 Å². The number of methoxy groups -OCH3 is 1. The summed E-state index contributed by atoms with van der Waals surface area (Å²) in [6.07, 6.45) is 0.540. The summed E-state index contributed by atoms with van der Waals surface area (Å²) in [4.78, 5) is 14.5. The summed E-state index contributed by atoms with van der Waals surface area (Å²) < 4.78 is 16.4. The first-order valence-corrected chi connectivity index (χ1v) is 8.76. The summed E-state index contributed by atoms with van der Waals surface area (Å²) in [7, 11) is 1.64. The van der Waals surface area contributed by atoms with Crippen molar-refractivity contribution in [2.45, 2.75) is 19.9 Å². The van der Waals surface area contributed by atoms with E-state index in [2.05, 4.69) is 16.3 Å². The fraction of sp³-hybridized carbons (Fsp3) is 0.722. The zero-order chi connectivity index (χ0) is 16.9. The highest BCUT2D eigenvalue weighted by Crippen LogP contribution is 2.36. The van der Waals surface area contributed by atoms with Crippen LogP contribution in [0.25, 0.3) is 0 Å². The zero-order valence-corrected chi connectivity index (χ0v) is 14.6. The molecule has 1 amide bonds. The van der Waals surface area contributed by atoms with E-state index < -0.39 is 0 Å². The predicted molar refractivity (Wildman–Crippen MR) is 89.5 cm³/mol. The van der Waals surface area contributed by atoms with Gasteiger partial charge in [0.1, 0.15) is 11.5 Å². The maximum Gasteiger partial charge on any atom is 0.220 e. The van der Waals surface area contributed by atoms with Gasteiger partial charge in [-0.2, -0.15) is 0 Å². The highest BCUT2D eigenvalue weighted by Gasteiger charge is 2.41. The van der Waals surface area contributed by atoms with E-state index in [4.69, 9.17) is 13.9 Å². The van der Waals surface area contributed by atoms with E-state index in [0.29, 0.717) is 43.9 Å². The maximum absolute atomic E-state index is 12.1. The molecule has 3 heterocycles. The lowest BCUT2D eigenvalue weighted by molar-refractivity contribution is -0.124. The molecular weight excluding hydrogens is 308 g/mol. The van der Waals surface area contributed by atoms with Gasteiger partial charge >= 0.3 is 0 Å². The highest BCUT2D eigenvalue weighted by molar-refractivity contribution is 5.76. The van der Waals surface area contributed by atoms with Crippen LogP contribution in [-0.2, 0) is 20.8 Å². The molecule has 2 fully saturated rings. The van der Waals surface area contributed by atoms with Gasteiger partial charge in [0.25, 0.3) is 0 Å². The molecule has 0 unspecified atom stereocenters. The van der Waals surface area contributed by atoms with Gasteiger partial charge in [-0.3, -0.25) is 9.69 Å². The van der Waals surface area contributed by atoms with E-state index in [0.717, 1.165) is 37.8 Å². The molecule has 2 saturated heterocycles. The SMILES string of the molecule is COCCNC(=O)C[C@H]1COC[C@@H]2CN(Cc3ccc(C)o3)C[C@H]12. The van der Waals surface area contributed by atoms with Crippen molar-refractivity contribution >= 4 is 5.91 Å². The van der Waals surface area contributed by atoms with E-state index in [1.807, 2.05) is 13.0 Å². The quantitative estimate of drug-likeness (QED) is 0.763. The van der Waals surface area contributed by atoms with Crippen molar-refractivity contribution in [1.82, 2.24) is 10.2 Å². The first-order valence-electron chi connectivity index (χ1n) is 8.76. The van der Waals surface area contributed by atoms with Crippen LogP contribution in [-0.4, -0.2) is 57.4 Å². The molecule has 0 aromatic carbocycles. The molecule has 3 rings (SSSR count). The molecule has 0 saturated carbocycles. The molecule has 0 radical (unpaired) electrons. The normalized spacial score (nSPS) is 27.2. The Bertz CT molecular complexity index is 545. The van der Waals surface area contributed by atoms with Crippen LogP contribution in [0.4, 0.5) is 0 Å². The van der Waals surface area contributed by atoms with Crippen LogP contribution in [0.15, 0.2) is 16.5 Å². The zero-order valence-electron chi connectivity index (χ0n) is 14.6. The van der Waals surface area contributed by atoms with Crippen molar-refractivity contribution < 1.29 is 18.7 Å². The molecule has 0 bridgehead atoms. The van der Waals surface area contributed by atoms with Gasteiger partial charge in [-0.1, -0.05) is 0 Å². The molecular formula is C18H28N2O4. The molecule has 24 heavy (non-hydrogen) atoms. The Morgan fingerprint density at radius 1 is 1.38 bits per heavy atom. The van der Waals surface area contributed by atoms with Crippen molar-refractivity contribution in [2.75, 3.05) is 46.6 Å². The number of carbonyl (C=O) groups is 1. The third kappa shape index (κ3) is 4.37. The first kappa shape index (κ1) is 17.5. The Morgan fingerprint density at radius 3 is 3.00 bits per heavy atom. The molecule has 1 aromatic rings. The number of furan rings is 1. The molecule has 2 aliphatic heterocycles. The fourth-order valence-electron chi connectivity index (χ4n) is 3.93. The topological polar surface area (TPSA) is 63.9 Å². The van der Waals surface area contributed by atoms with E-state index in [-0.39, 0.29) is 5.91 Å². The minimum Gasteiger partial charge on any atom is -0.465 e. The summed E-state index contributed by atoms with van der Waals surface area (Å²) in [5, 5.41) is 2.92. The van der Waals surface area contributed by atoms with Crippen LogP contribution in [0.1, 0.15) is 17.9 Å². The Morgan fingerprint density at radius 2 is 2.25 bits per heavy atom. The van der Waals surface area contributed by atoms with Gasteiger partial charge in [0.2, 0.25) is 5.91 Å². The van der Waals surface area contributed by atoms with Crippen molar-refractivity contribution in [3.63, 3.8) is 0 Å². The summed E-state index contributed by atoms with van der Waals surface area (Å²) in [6, 6.07) is 4.06. The Labute approximate surface area is 143 Å². The standard InChI is InChI=1S/C18H28N2O4/c1-13-3-4-16(24-13)9-20-8-15-12-23-11-14(17(15)10-20)7-18(21)19-5-6-22-2/h3-4,14-15,17H,5-12H2,1-2H3,(H,19,21)/t14-,15-,17+/m0/s1. The molecule has 6 heteroatoms. The van der Waals surface area contributed by atoms with Gasteiger partial charge in [-0.05, 0) is 36.8 Å². The Kier molecular flexibility index (Phi) is 5.92. The van der Waals surface area contributed by atoms with Gasteiger partial charge in [0.05, 0.1) is 26.4 Å². The molecule has 6 nitrogen and oxygen atoms in total. The number of fused-ring (bicyclic) bond motifs is 1. The molecule has 134 valence electrons. The lowest BCUT2D eigenvalue weighted by atomic mass is 9.81. The third-order valence-electron chi connectivity index (χ3n) is 5.09. The third-order valence-corrected chi connectivity index (χ3v) is 5.09. The van der Waals surface area contributed by atoms with Crippen LogP contribution in [0.5, 0.6) is 0 Å². The van der Waals surface area contributed by atoms with Crippen molar-refractivity contribution in [1.29, 1.82) is 0 Å². The number of rotatable bonds is 7. The van der Waals surface area contributed by atoms with Crippen LogP contribution in [0.2, 0.25) is 0 Å². The average Bonchev–Trinajstić information content (AvgIpc) is 3.14. The minimum absolute atomic E-state index is 0.0985. The number of likely N-dealkylation sites (tertiary alicyclic amines) is 1. The largest absolute Gasteiger partial charge is 0.465 e. The smallest absolute Gasteiger partial charge is 0.220 e. The summed E-state index contributed by atoms with van der Waals surface area (Å²) in [6.45, 7) is 7.46. The lowest BCUT2D eigenvalue weighted by Crippen LogP contribution is -2.38. The molecule has 0 spiro atoms. The Balaban J connectivity index is 1.52. The van der Waals surface area contributed by atoms with Crippen molar-refractivity contribution in [2.24, 2.45) is 17.8 Å². The lowest BCUT2D eigenvalue weighted by Gasteiger charge is -2.32. The number of nitrogens with one attached hydrogen (secondary N) is 1. The number of hydrogen-bond donors (Lipinski definition) is 1. The highest BCUT2D eigenvalue weighted by atomic mass is 16.5. The van der Waals surface area contributed by atoms with Gasteiger partial charge in [0.15, 0.2) is 0 Å². The summed E-state index contributed by atoms with van der Waals surface area (Å²) in [5.74, 6) is 3.42. The first-order chi connectivity index (χ1) is 11.7. The van der Waals surface area contributed by atoms with Gasteiger partial charge in [0, 0.05) is 33.2 Å². The number of carbonyl (C=O) groups excluding carboxylic acids is 1. The predicted octanol–water partition coefficient (Wildman–Crippen LogP) is 1.44. The fourth-order valence-corrected chi connectivity index (χ4v) is 3.93. The molecule has 1 aromatic heterocycles. The van der Waals surface area contributed by atoms with Crippen LogP contribution >= 0.6 is 0 Å². The number of amides is 1. The maximum atomic E-state index is 12.1. The molecule has 0 aliphatic carbocycles. The van der Waals surface area contributed by atoms with Crippen LogP contribution < -0.4 is 5.32 Å². The monoisotopic (exact) mass is 336 g/mol. The second-order valence-electron chi connectivity index (χ2n) is 6.97. The second kappa shape index (κ2) is 8.14. The average molecular weight is 336 g/mol. The molecule has 2 aliphatic rings. The van der Waals surface area contributed by atoms with E-state index in [9.17, 15) is 4.79 Å². The second-order valence-corrected chi connectivity index (χ2v) is 6.97. The van der Waals surface area contributed by atoms with Crippen LogP contribution in [0, 0.1) is 24.7 Å². The number of aryl methyl sites for hydroxylation is 1. The number of nitrogens with zero attached hydrogens (tertiary/aromatic N) is 1. The molecule has 1 N–H and O–H groups in total. The minimum atomic E-state index is 0.0985. The van der Waals surface area contributed by atoms with E-state index in [1.165, 1.54) is 0 Å². The van der Waals surface area contributed by atoms with Crippen molar-refractivity contribution in [3.8, 4) is 0 Å². The number of ether oxygens (including phenoxy) is 2.